The van der Waals surface area contributed by atoms with Gasteiger partial charge in [0.2, 0.25) is 5.91 Å². The number of carbonyl (C=O) groups excluding carboxylic acids is 3. The van der Waals surface area contributed by atoms with Crippen LogP contribution in [0.25, 0.3) is 0 Å². The molecule has 0 radical (unpaired) electrons. The number of nitrogens with one attached hydrogen (secondary N) is 1. The Hall–Kier alpha value is -2.31. The molecule has 0 aliphatic carbocycles. The van der Waals surface area contributed by atoms with E-state index >= 15 is 0 Å². The van der Waals surface area contributed by atoms with Crippen molar-refractivity contribution in [1.82, 2.24) is 10.2 Å². The molecule has 1 fully saturated rings. The van der Waals surface area contributed by atoms with Gasteiger partial charge in [0.25, 0.3) is 11.8 Å². The maximum atomic E-state index is 13.5. The average molecular weight is 282 g/mol. The van der Waals surface area contributed by atoms with Crippen LogP contribution >= 0.6 is 0 Å². The van der Waals surface area contributed by atoms with E-state index in [0.717, 1.165) is 17.0 Å². The van der Waals surface area contributed by atoms with E-state index < -0.39 is 35.1 Å². The summed E-state index contributed by atoms with van der Waals surface area (Å²) in [4.78, 5) is 35.8. The van der Waals surface area contributed by atoms with Gasteiger partial charge in [0, 0.05) is 13.5 Å². The molecule has 1 aliphatic heterocycles. The molecule has 106 valence electrons. The number of imide groups is 1. The van der Waals surface area contributed by atoms with E-state index in [4.69, 9.17) is 0 Å². The Morgan fingerprint density at radius 3 is 2.75 bits per heavy atom. The predicted octanol–water partition coefficient (Wildman–Crippen LogP) is 0.842. The smallest absolute Gasteiger partial charge is 0.255 e. The number of amides is 3. The molecule has 1 saturated heterocycles. The Kier molecular flexibility index (Phi) is 3.78. The van der Waals surface area contributed by atoms with E-state index in [-0.39, 0.29) is 18.7 Å². The van der Waals surface area contributed by atoms with Gasteiger partial charge in [0.1, 0.15) is 6.04 Å². The minimum Gasteiger partial charge on any atom is -0.340 e. The third kappa shape index (κ3) is 2.52. The molecule has 5 nitrogen and oxygen atoms in total. The maximum Gasteiger partial charge on any atom is 0.255 e. The van der Waals surface area contributed by atoms with Gasteiger partial charge in [-0.3, -0.25) is 19.3 Å². The minimum absolute atomic E-state index is 0.110. The lowest BCUT2D eigenvalue weighted by atomic mass is 10.0. The van der Waals surface area contributed by atoms with Gasteiger partial charge in [-0.25, -0.2) is 8.78 Å². The third-order valence-corrected chi connectivity index (χ3v) is 3.15. The van der Waals surface area contributed by atoms with Gasteiger partial charge in [-0.1, -0.05) is 6.07 Å². The molecule has 0 bridgehead atoms. The molecule has 7 heteroatoms. The van der Waals surface area contributed by atoms with Crippen molar-refractivity contribution in [2.24, 2.45) is 0 Å². The van der Waals surface area contributed by atoms with Crippen molar-refractivity contribution in [3.05, 3.63) is 35.4 Å². The van der Waals surface area contributed by atoms with Gasteiger partial charge in [-0.2, -0.15) is 0 Å². The van der Waals surface area contributed by atoms with E-state index in [2.05, 4.69) is 5.32 Å². The Labute approximate surface area is 113 Å². The number of nitrogens with zero attached hydrogens (tertiary/aromatic N) is 1. The van der Waals surface area contributed by atoms with Crippen LogP contribution in [0.1, 0.15) is 23.2 Å². The fourth-order valence-electron chi connectivity index (χ4n) is 1.96. The van der Waals surface area contributed by atoms with Crippen LogP contribution in [0.5, 0.6) is 0 Å². The second-order valence-electron chi connectivity index (χ2n) is 4.46. The standard InChI is InChI=1S/C13H12F2N2O3/c1-17-10(18)6-5-9(13(17)20)16-12(19)7-3-2-4-8(14)11(7)15/h2-4,9H,5-6H2,1H3,(H,16,19). The van der Waals surface area contributed by atoms with Crippen molar-refractivity contribution in [3.8, 4) is 0 Å². The topological polar surface area (TPSA) is 66.5 Å². The second kappa shape index (κ2) is 5.36. The molecule has 3 amide bonds. The zero-order valence-corrected chi connectivity index (χ0v) is 10.7. The zero-order valence-electron chi connectivity index (χ0n) is 10.7. The summed E-state index contributed by atoms with van der Waals surface area (Å²) in [6.45, 7) is 0. The molecule has 0 saturated carbocycles. The van der Waals surface area contributed by atoms with Crippen LogP contribution in [0.3, 0.4) is 0 Å². The lowest BCUT2D eigenvalue weighted by Crippen LogP contribution is -2.53. The molecular formula is C13H12F2N2O3. The molecule has 1 N–H and O–H groups in total. The zero-order chi connectivity index (χ0) is 14.9. The van der Waals surface area contributed by atoms with E-state index in [1.54, 1.807) is 0 Å². The molecule has 1 aliphatic rings. The van der Waals surface area contributed by atoms with Crippen LogP contribution in [0, 0.1) is 11.6 Å². The molecule has 1 heterocycles. The number of halogens is 2. The first kappa shape index (κ1) is 14.1. The number of rotatable bonds is 2. The first-order chi connectivity index (χ1) is 9.41. The fourth-order valence-corrected chi connectivity index (χ4v) is 1.96. The highest BCUT2D eigenvalue weighted by Gasteiger charge is 2.33. The summed E-state index contributed by atoms with van der Waals surface area (Å²) in [5.74, 6) is -4.19. The minimum atomic E-state index is -1.27. The van der Waals surface area contributed by atoms with Crippen molar-refractivity contribution in [3.63, 3.8) is 0 Å². The van der Waals surface area contributed by atoms with E-state index in [1.165, 1.54) is 13.1 Å². The fraction of sp³-hybridized carbons (Fsp3) is 0.308. The predicted molar refractivity (Wildman–Crippen MR) is 64.6 cm³/mol. The highest BCUT2D eigenvalue weighted by Crippen LogP contribution is 2.14. The average Bonchev–Trinajstić information content (AvgIpc) is 2.42. The van der Waals surface area contributed by atoms with E-state index in [9.17, 15) is 23.2 Å². The van der Waals surface area contributed by atoms with E-state index in [0.29, 0.717) is 0 Å². The highest BCUT2D eigenvalue weighted by molar-refractivity contribution is 6.03. The van der Waals surface area contributed by atoms with Crippen LogP contribution in [0.4, 0.5) is 8.78 Å². The molecule has 1 aromatic rings. The normalized spacial score (nSPS) is 19.1. The van der Waals surface area contributed by atoms with Crippen LogP contribution in [0.2, 0.25) is 0 Å². The molecule has 0 aromatic heterocycles. The van der Waals surface area contributed by atoms with Crippen molar-refractivity contribution in [1.29, 1.82) is 0 Å². The molecule has 20 heavy (non-hydrogen) atoms. The van der Waals surface area contributed by atoms with Crippen molar-refractivity contribution < 1.29 is 23.2 Å². The van der Waals surface area contributed by atoms with Gasteiger partial charge in [-0.05, 0) is 18.6 Å². The third-order valence-electron chi connectivity index (χ3n) is 3.15. The molecule has 1 unspecified atom stereocenters. The number of carbonyl (C=O) groups is 3. The Balaban J connectivity index is 2.14. The maximum absolute atomic E-state index is 13.5. The monoisotopic (exact) mass is 282 g/mol. The van der Waals surface area contributed by atoms with Crippen LogP contribution < -0.4 is 5.32 Å². The van der Waals surface area contributed by atoms with E-state index in [1.807, 2.05) is 0 Å². The summed E-state index contributed by atoms with van der Waals surface area (Å²) in [5, 5.41) is 2.31. The van der Waals surface area contributed by atoms with Gasteiger partial charge < -0.3 is 5.32 Å². The number of likely N-dealkylation sites (N-methyl/N-ethyl adjacent to an activating group) is 1. The van der Waals surface area contributed by atoms with Crippen molar-refractivity contribution in [2.75, 3.05) is 7.05 Å². The summed E-state index contributed by atoms with van der Waals surface area (Å²) in [6.07, 6.45) is 0.253. The quantitative estimate of drug-likeness (QED) is 0.817. The van der Waals surface area contributed by atoms with Crippen molar-refractivity contribution >= 4 is 17.7 Å². The van der Waals surface area contributed by atoms with Crippen LogP contribution in [0.15, 0.2) is 18.2 Å². The second-order valence-corrected chi connectivity index (χ2v) is 4.46. The lowest BCUT2D eigenvalue weighted by molar-refractivity contribution is -0.147. The molecular weight excluding hydrogens is 270 g/mol. The molecule has 1 aromatic carbocycles. The Morgan fingerprint density at radius 1 is 1.35 bits per heavy atom. The number of hydrogen-bond donors (Lipinski definition) is 1. The summed E-state index contributed by atoms with van der Waals surface area (Å²) >= 11 is 0. The molecule has 2 rings (SSSR count). The largest absolute Gasteiger partial charge is 0.340 e. The molecule has 0 spiro atoms. The first-order valence-corrected chi connectivity index (χ1v) is 5.97. The summed E-state index contributed by atoms with van der Waals surface area (Å²) < 4.78 is 26.5. The van der Waals surface area contributed by atoms with Crippen molar-refractivity contribution in [2.45, 2.75) is 18.9 Å². The molecule has 1 atom stereocenters. The van der Waals surface area contributed by atoms with Gasteiger partial charge in [0.15, 0.2) is 11.6 Å². The van der Waals surface area contributed by atoms with Gasteiger partial charge in [-0.15, -0.1) is 0 Å². The van der Waals surface area contributed by atoms with Crippen LogP contribution in [-0.4, -0.2) is 35.7 Å². The lowest BCUT2D eigenvalue weighted by Gasteiger charge is -2.28. The SMILES string of the molecule is CN1C(=O)CCC(NC(=O)c2cccc(F)c2F)C1=O. The van der Waals surface area contributed by atoms with Crippen LogP contribution in [-0.2, 0) is 9.59 Å². The first-order valence-electron chi connectivity index (χ1n) is 5.97. The number of likely N-dealkylation sites (tertiary alicyclic amines) is 1. The summed E-state index contributed by atoms with van der Waals surface area (Å²) in [7, 11) is 1.31. The van der Waals surface area contributed by atoms with Gasteiger partial charge >= 0.3 is 0 Å². The number of piperidine rings is 1. The Morgan fingerprint density at radius 2 is 2.05 bits per heavy atom. The summed E-state index contributed by atoms with van der Waals surface area (Å²) in [6, 6.07) is 2.30. The van der Waals surface area contributed by atoms with Gasteiger partial charge in [0.05, 0.1) is 5.56 Å². The Bertz CT molecular complexity index is 589. The highest BCUT2D eigenvalue weighted by atomic mass is 19.2. The number of benzene rings is 1. The summed E-state index contributed by atoms with van der Waals surface area (Å²) in [5.41, 5.74) is -0.475. The number of hydrogen-bond acceptors (Lipinski definition) is 3.